The fourth-order valence-corrected chi connectivity index (χ4v) is 1.92. The molecule has 1 aliphatic rings. The summed E-state index contributed by atoms with van der Waals surface area (Å²) in [4.78, 5) is 11.8. The van der Waals surface area contributed by atoms with Crippen LogP contribution in [0.15, 0.2) is 16.5 Å². The van der Waals surface area contributed by atoms with Crippen molar-refractivity contribution in [2.45, 2.75) is 38.8 Å². The number of rotatable bonds is 3. The van der Waals surface area contributed by atoms with Crippen LogP contribution in [0.4, 0.5) is 0 Å². The zero-order valence-corrected chi connectivity index (χ0v) is 9.66. The van der Waals surface area contributed by atoms with Crippen molar-refractivity contribution in [1.82, 2.24) is 5.32 Å². The lowest BCUT2D eigenvalue weighted by atomic mass is 10.1. The summed E-state index contributed by atoms with van der Waals surface area (Å²) in [6.45, 7) is 4.58. The molecule has 1 fully saturated rings. The number of hydrogen-bond acceptors (Lipinski definition) is 3. The molecule has 4 nitrogen and oxygen atoms in total. The molecule has 0 spiro atoms. The molecule has 0 aliphatic carbocycles. The molecule has 1 aromatic rings. The van der Waals surface area contributed by atoms with E-state index in [0.29, 0.717) is 5.76 Å². The normalized spacial score (nSPS) is 22.0. The van der Waals surface area contributed by atoms with Crippen molar-refractivity contribution in [3.8, 4) is 0 Å². The largest absolute Gasteiger partial charge is 0.456 e. The lowest BCUT2D eigenvalue weighted by Crippen LogP contribution is -2.40. The molecule has 0 aromatic carbocycles. The fourth-order valence-electron chi connectivity index (χ4n) is 1.92. The molecule has 2 heterocycles. The Bertz CT molecular complexity index is 366. The van der Waals surface area contributed by atoms with Gasteiger partial charge < -0.3 is 14.5 Å². The Morgan fingerprint density at radius 3 is 2.94 bits per heavy atom. The Labute approximate surface area is 95.0 Å². The van der Waals surface area contributed by atoms with Crippen molar-refractivity contribution in [3.05, 3.63) is 23.7 Å². The van der Waals surface area contributed by atoms with E-state index in [1.54, 1.807) is 12.1 Å². The number of hydrogen-bond donors (Lipinski definition) is 1. The van der Waals surface area contributed by atoms with Crippen molar-refractivity contribution in [2.75, 3.05) is 6.61 Å². The van der Waals surface area contributed by atoms with Crippen LogP contribution in [0.3, 0.4) is 0 Å². The molecule has 2 rings (SSSR count). The minimum Gasteiger partial charge on any atom is -0.456 e. The van der Waals surface area contributed by atoms with E-state index < -0.39 is 0 Å². The van der Waals surface area contributed by atoms with E-state index in [1.165, 1.54) is 0 Å². The molecule has 1 saturated heterocycles. The molecule has 1 amide bonds. The van der Waals surface area contributed by atoms with Gasteiger partial charge in [-0.25, -0.2) is 0 Å². The van der Waals surface area contributed by atoms with Crippen molar-refractivity contribution in [3.63, 3.8) is 0 Å². The Balaban J connectivity index is 1.91. The first-order valence-electron chi connectivity index (χ1n) is 5.66. The van der Waals surface area contributed by atoms with Crippen LogP contribution in [0.1, 0.15) is 36.1 Å². The number of nitrogens with one attached hydrogen (secondary N) is 1. The molecule has 1 N–H and O–H groups in total. The molecule has 1 aliphatic heterocycles. The topological polar surface area (TPSA) is 51.5 Å². The van der Waals surface area contributed by atoms with Crippen molar-refractivity contribution in [1.29, 1.82) is 0 Å². The lowest BCUT2D eigenvalue weighted by Gasteiger charge is -2.19. The van der Waals surface area contributed by atoms with Gasteiger partial charge >= 0.3 is 0 Å². The average molecular weight is 223 g/mol. The second kappa shape index (κ2) is 4.70. The molecule has 0 radical (unpaired) electrons. The van der Waals surface area contributed by atoms with Gasteiger partial charge in [0.15, 0.2) is 5.76 Å². The number of amides is 1. The van der Waals surface area contributed by atoms with Gasteiger partial charge in [0.25, 0.3) is 5.91 Å². The average Bonchev–Trinajstić information content (AvgIpc) is 2.87. The summed E-state index contributed by atoms with van der Waals surface area (Å²) in [7, 11) is 0. The number of aryl methyl sites for hydroxylation is 1. The first-order valence-corrected chi connectivity index (χ1v) is 5.66. The summed E-state index contributed by atoms with van der Waals surface area (Å²) in [6, 6.07) is 3.50. The van der Waals surface area contributed by atoms with Crippen LogP contribution in [0.25, 0.3) is 0 Å². The van der Waals surface area contributed by atoms with Gasteiger partial charge in [-0.3, -0.25) is 4.79 Å². The number of ether oxygens (including phenoxy) is 1. The molecular formula is C12H17NO3. The van der Waals surface area contributed by atoms with Crippen LogP contribution >= 0.6 is 0 Å². The highest BCUT2D eigenvalue weighted by Crippen LogP contribution is 2.16. The quantitative estimate of drug-likeness (QED) is 0.851. The van der Waals surface area contributed by atoms with E-state index in [9.17, 15) is 4.79 Å². The van der Waals surface area contributed by atoms with Crippen LogP contribution < -0.4 is 5.32 Å². The second-order valence-electron chi connectivity index (χ2n) is 4.22. The molecule has 4 heteroatoms. The highest BCUT2D eigenvalue weighted by atomic mass is 16.5. The molecule has 2 atom stereocenters. The molecule has 88 valence electrons. The third-order valence-corrected chi connectivity index (χ3v) is 2.85. The SMILES string of the molecule is Cc1ccc(C(=O)N[C@@H](C)[C@H]2CCCO2)o1. The zero-order chi connectivity index (χ0) is 11.5. The Kier molecular flexibility index (Phi) is 3.29. The third kappa shape index (κ3) is 2.44. The maximum atomic E-state index is 11.8. The van der Waals surface area contributed by atoms with E-state index in [2.05, 4.69) is 5.32 Å². The van der Waals surface area contributed by atoms with E-state index in [-0.39, 0.29) is 18.1 Å². The summed E-state index contributed by atoms with van der Waals surface area (Å²) in [5.41, 5.74) is 0. The van der Waals surface area contributed by atoms with Crippen LogP contribution in [0.2, 0.25) is 0 Å². The predicted octanol–water partition coefficient (Wildman–Crippen LogP) is 1.89. The molecule has 0 unspecified atom stereocenters. The van der Waals surface area contributed by atoms with Gasteiger partial charge in [0.1, 0.15) is 5.76 Å². The molecular weight excluding hydrogens is 206 g/mol. The van der Waals surface area contributed by atoms with E-state index in [0.717, 1.165) is 25.2 Å². The van der Waals surface area contributed by atoms with Crippen LogP contribution in [0, 0.1) is 6.92 Å². The van der Waals surface area contributed by atoms with Gasteiger partial charge in [0.05, 0.1) is 12.1 Å². The van der Waals surface area contributed by atoms with Crippen LogP contribution in [-0.4, -0.2) is 24.7 Å². The van der Waals surface area contributed by atoms with Crippen molar-refractivity contribution in [2.24, 2.45) is 0 Å². The van der Waals surface area contributed by atoms with Crippen LogP contribution in [0.5, 0.6) is 0 Å². The van der Waals surface area contributed by atoms with Crippen LogP contribution in [-0.2, 0) is 4.74 Å². The predicted molar refractivity (Wildman–Crippen MR) is 59.3 cm³/mol. The summed E-state index contributed by atoms with van der Waals surface area (Å²) < 4.78 is 10.8. The smallest absolute Gasteiger partial charge is 0.287 e. The van der Waals surface area contributed by atoms with Gasteiger partial charge in [-0.2, -0.15) is 0 Å². The molecule has 1 aromatic heterocycles. The standard InChI is InChI=1S/C12H17NO3/c1-8-5-6-11(16-8)12(14)13-9(2)10-4-3-7-15-10/h5-6,9-10H,3-4,7H2,1-2H3,(H,13,14)/t9-,10+/m0/s1. The lowest BCUT2D eigenvalue weighted by molar-refractivity contribution is 0.0696. The molecule has 0 bridgehead atoms. The van der Waals surface area contributed by atoms with Crippen molar-refractivity contribution >= 4 is 5.91 Å². The van der Waals surface area contributed by atoms with E-state index in [1.807, 2.05) is 13.8 Å². The van der Waals surface area contributed by atoms with Gasteiger partial charge in [-0.1, -0.05) is 0 Å². The van der Waals surface area contributed by atoms with E-state index >= 15 is 0 Å². The Morgan fingerprint density at radius 2 is 2.38 bits per heavy atom. The number of carbonyl (C=O) groups is 1. The Morgan fingerprint density at radius 1 is 1.56 bits per heavy atom. The monoisotopic (exact) mass is 223 g/mol. The summed E-state index contributed by atoms with van der Waals surface area (Å²) in [5.74, 6) is 0.938. The van der Waals surface area contributed by atoms with Gasteiger partial charge in [0.2, 0.25) is 0 Å². The summed E-state index contributed by atoms with van der Waals surface area (Å²) >= 11 is 0. The van der Waals surface area contributed by atoms with Gasteiger partial charge in [-0.15, -0.1) is 0 Å². The second-order valence-corrected chi connectivity index (χ2v) is 4.22. The maximum absolute atomic E-state index is 11.8. The zero-order valence-electron chi connectivity index (χ0n) is 9.66. The summed E-state index contributed by atoms with van der Waals surface area (Å²) in [5, 5.41) is 2.89. The molecule has 0 saturated carbocycles. The first-order chi connectivity index (χ1) is 7.66. The van der Waals surface area contributed by atoms with Gasteiger partial charge in [-0.05, 0) is 38.8 Å². The highest BCUT2D eigenvalue weighted by molar-refractivity contribution is 5.91. The summed E-state index contributed by atoms with van der Waals surface area (Å²) in [6.07, 6.45) is 2.23. The minimum absolute atomic E-state index is 0.0282. The number of carbonyl (C=O) groups excluding carboxylic acids is 1. The molecule has 16 heavy (non-hydrogen) atoms. The van der Waals surface area contributed by atoms with E-state index in [4.69, 9.17) is 9.15 Å². The number of furan rings is 1. The maximum Gasteiger partial charge on any atom is 0.287 e. The first kappa shape index (κ1) is 11.2. The fraction of sp³-hybridized carbons (Fsp3) is 0.583. The van der Waals surface area contributed by atoms with Crippen molar-refractivity contribution < 1.29 is 13.9 Å². The minimum atomic E-state index is -0.170. The highest BCUT2D eigenvalue weighted by Gasteiger charge is 2.24. The third-order valence-electron chi connectivity index (χ3n) is 2.85. The van der Waals surface area contributed by atoms with Gasteiger partial charge in [0, 0.05) is 6.61 Å². The Hall–Kier alpha value is -1.29.